The molecule has 8 heavy (non-hydrogen) atoms. The van der Waals surface area contributed by atoms with Crippen LogP contribution in [0.3, 0.4) is 0 Å². The van der Waals surface area contributed by atoms with Crippen molar-refractivity contribution in [3.63, 3.8) is 0 Å². The summed E-state index contributed by atoms with van der Waals surface area (Å²) in [4.78, 5) is 0. The van der Waals surface area contributed by atoms with E-state index in [1.165, 1.54) is 0 Å². The second-order valence-corrected chi connectivity index (χ2v) is 1.95. The number of aliphatic hydroxyl groups excluding tert-OH is 1. The molecule has 0 amide bonds. The molecule has 0 aromatic rings. The lowest BCUT2D eigenvalue weighted by atomic mass is 10.1. The predicted molar refractivity (Wildman–Crippen MR) is 34.5 cm³/mol. The van der Waals surface area contributed by atoms with Gasteiger partial charge < -0.3 is 10.8 Å². The first-order chi connectivity index (χ1) is 3.68. The van der Waals surface area contributed by atoms with Gasteiger partial charge in [-0.15, -0.1) is 6.58 Å². The summed E-state index contributed by atoms with van der Waals surface area (Å²) in [6, 6.07) is -0.145. The lowest BCUT2D eigenvalue weighted by Crippen LogP contribution is -2.30. The Morgan fingerprint density at radius 3 is 2.50 bits per heavy atom. The Balaban J connectivity index is 3.30. The number of rotatable bonds is 3. The molecule has 0 saturated heterocycles. The normalized spacial score (nSPS) is 17.4. The fraction of sp³-hybridized carbons (Fsp3) is 0.667. The van der Waals surface area contributed by atoms with Crippen molar-refractivity contribution in [3.8, 4) is 0 Å². The van der Waals surface area contributed by atoms with Crippen LogP contribution in [0.2, 0.25) is 0 Å². The standard InChI is InChI=1S/C6H13NO/c1-3-4-6(8)5(2)7/h3,5-6,8H,1,4,7H2,2H3/t5-,6+/m0/s1. The quantitative estimate of drug-likeness (QED) is 0.519. The molecule has 2 nitrogen and oxygen atoms in total. The maximum Gasteiger partial charge on any atom is 0.0722 e. The minimum atomic E-state index is -0.424. The molecule has 48 valence electrons. The first-order valence-electron chi connectivity index (χ1n) is 2.73. The summed E-state index contributed by atoms with van der Waals surface area (Å²) in [6.07, 6.45) is 1.82. The summed E-state index contributed by atoms with van der Waals surface area (Å²) >= 11 is 0. The maximum atomic E-state index is 8.93. The molecule has 0 aliphatic rings. The molecular formula is C6H13NO. The third kappa shape index (κ3) is 2.77. The smallest absolute Gasteiger partial charge is 0.0722 e. The summed E-state index contributed by atoms with van der Waals surface area (Å²) in [7, 11) is 0. The molecule has 0 spiro atoms. The van der Waals surface area contributed by atoms with Crippen LogP contribution in [0, 0.1) is 0 Å². The third-order valence-corrected chi connectivity index (χ3v) is 1.02. The maximum absolute atomic E-state index is 8.93. The molecule has 0 bridgehead atoms. The van der Waals surface area contributed by atoms with Crippen LogP contribution >= 0.6 is 0 Å². The van der Waals surface area contributed by atoms with Gasteiger partial charge in [0.15, 0.2) is 0 Å². The highest BCUT2D eigenvalue weighted by atomic mass is 16.3. The number of hydrogen-bond donors (Lipinski definition) is 2. The molecule has 0 unspecified atom stereocenters. The van der Waals surface area contributed by atoms with E-state index >= 15 is 0 Å². The van der Waals surface area contributed by atoms with E-state index in [-0.39, 0.29) is 6.04 Å². The number of hydrogen-bond acceptors (Lipinski definition) is 2. The second kappa shape index (κ2) is 3.64. The zero-order chi connectivity index (χ0) is 6.57. The minimum Gasteiger partial charge on any atom is -0.391 e. The van der Waals surface area contributed by atoms with Crippen molar-refractivity contribution < 1.29 is 5.11 Å². The van der Waals surface area contributed by atoms with E-state index in [0.717, 1.165) is 0 Å². The average molecular weight is 115 g/mol. The Kier molecular flexibility index (Phi) is 3.48. The van der Waals surface area contributed by atoms with Gasteiger partial charge in [0.05, 0.1) is 6.10 Å². The van der Waals surface area contributed by atoms with Crippen molar-refractivity contribution in [1.29, 1.82) is 0 Å². The lowest BCUT2D eigenvalue weighted by Gasteiger charge is -2.10. The van der Waals surface area contributed by atoms with E-state index in [2.05, 4.69) is 6.58 Å². The fourth-order valence-corrected chi connectivity index (χ4v) is 0.385. The number of nitrogens with two attached hydrogens (primary N) is 1. The van der Waals surface area contributed by atoms with Crippen LogP contribution < -0.4 is 5.73 Å². The summed E-state index contributed by atoms with van der Waals surface area (Å²) in [6.45, 7) is 5.24. The first kappa shape index (κ1) is 7.66. The molecule has 0 heterocycles. The molecule has 0 saturated carbocycles. The zero-order valence-electron chi connectivity index (χ0n) is 5.17. The van der Waals surface area contributed by atoms with E-state index in [1.807, 2.05) is 0 Å². The molecule has 3 N–H and O–H groups in total. The van der Waals surface area contributed by atoms with Gasteiger partial charge in [-0.3, -0.25) is 0 Å². The highest BCUT2D eigenvalue weighted by Gasteiger charge is 2.04. The van der Waals surface area contributed by atoms with Crippen LogP contribution in [0.4, 0.5) is 0 Å². The van der Waals surface area contributed by atoms with Gasteiger partial charge in [-0.25, -0.2) is 0 Å². The van der Waals surface area contributed by atoms with Crippen molar-refractivity contribution >= 4 is 0 Å². The first-order valence-corrected chi connectivity index (χ1v) is 2.73. The van der Waals surface area contributed by atoms with Gasteiger partial charge in [0.1, 0.15) is 0 Å². The van der Waals surface area contributed by atoms with Crippen molar-refractivity contribution in [3.05, 3.63) is 12.7 Å². The summed E-state index contributed by atoms with van der Waals surface area (Å²) in [5.41, 5.74) is 5.32. The van der Waals surface area contributed by atoms with Gasteiger partial charge in [-0.2, -0.15) is 0 Å². The van der Waals surface area contributed by atoms with Gasteiger partial charge in [0.2, 0.25) is 0 Å². The van der Waals surface area contributed by atoms with Crippen LogP contribution in [0.1, 0.15) is 13.3 Å². The van der Waals surface area contributed by atoms with Crippen LogP contribution in [-0.4, -0.2) is 17.3 Å². The topological polar surface area (TPSA) is 46.2 Å². The Labute approximate surface area is 50.0 Å². The Hall–Kier alpha value is -0.340. The van der Waals surface area contributed by atoms with Crippen molar-refractivity contribution in [2.24, 2.45) is 5.73 Å². The molecular weight excluding hydrogens is 102 g/mol. The SMILES string of the molecule is C=CC[C@@H](O)[C@H](C)N. The van der Waals surface area contributed by atoms with Gasteiger partial charge in [0, 0.05) is 6.04 Å². The van der Waals surface area contributed by atoms with Crippen LogP contribution in [0.5, 0.6) is 0 Å². The summed E-state index contributed by atoms with van der Waals surface area (Å²) < 4.78 is 0. The molecule has 0 aliphatic heterocycles. The highest BCUT2D eigenvalue weighted by Crippen LogP contribution is 1.94. The molecule has 0 aromatic carbocycles. The van der Waals surface area contributed by atoms with Crippen molar-refractivity contribution in [1.82, 2.24) is 0 Å². The van der Waals surface area contributed by atoms with E-state index in [1.54, 1.807) is 13.0 Å². The van der Waals surface area contributed by atoms with E-state index in [9.17, 15) is 0 Å². The molecule has 0 aliphatic carbocycles. The van der Waals surface area contributed by atoms with Crippen LogP contribution in [-0.2, 0) is 0 Å². The zero-order valence-corrected chi connectivity index (χ0v) is 5.17. The Bertz CT molecular complexity index is 70.9. The molecule has 0 aromatic heterocycles. The summed E-state index contributed by atoms with van der Waals surface area (Å²) in [5, 5.41) is 8.93. The van der Waals surface area contributed by atoms with Gasteiger partial charge in [0.25, 0.3) is 0 Å². The molecule has 2 atom stereocenters. The molecule has 0 radical (unpaired) electrons. The minimum absolute atomic E-state index is 0.145. The monoisotopic (exact) mass is 115 g/mol. The van der Waals surface area contributed by atoms with E-state index in [4.69, 9.17) is 10.8 Å². The Morgan fingerprint density at radius 1 is 1.88 bits per heavy atom. The van der Waals surface area contributed by atoms with Crippen molar-refractivity contribution in [2.75, 3.05) is 0 Å². The van der Waals surface area contributed by atoms with Crippen LogP contribution in [0.25, 0.3) is 0 Å². The second-order valence-electron chi connectivity index (χ2n) is 1.95. The molecule has 0 fully saturated rings. The van der Waals surface area contributed by atoms with E-state index < -0.39 is 6.10 Å². The lowest BCUT2D eigenvalue weighted by molar-refractivity contribution is 0.154. The molecule has 0 rings (SSSR count). The predicted octanol–water partition coefficient (Wildman–Crippen LogP) is 0.271. The average Bonchev–Trinajstić information content (AvgIpc) is 1.67. The number of aliphatic hydroxyl groups is 1. The fourth-order valence-electron chi connectivity index (χ4n) is 0.385. The van der Waals surface area contributed by atoms with Crippen molar-refractivity contribution in [2.45, 2.75) is 25.5 Å². The largest absolute Gasteiger partial charge is 0.391 e. The van der Waals surface area contributed by atoms with E-state index in [0.29, 0.717) is 6.42 Å². The molecule has 2 heteroatoms. The van der Waals surface area contributed by atoms with Crippen LogP contribution in [0.15, 0.2) is 12.7 Å². The van der Waals surface area contributed by atoms with Gasteiger partial charge in [-0.05, 0) is 13.3 Å². The highest BCUT2D eigenvalue weighted by molar-refractivity contribution is 4.76. The Morgan fingerprint density at radius 2 is 2.38 bits per heavy atom. The third-order valence-electron chi connectivity index (χ3n) is 1.02. The summed E-state index contributed by atoms with van der Waals surface area (Å²) in [5.74, 6) is 0. The van der Waals surface area contributed by atoms with Gasteiger partial charge >= 0.3 is 0 Å². The van der Waals surface area contributed by atoms with Gasteiger partial charge in [-0.1, -0.05) is 6.08 Å².